The van der Waals surface area contributed by atoms with Gasteiger partial charge in [-0.3, -0.25) is 4.79 Å². The first-order valence-corrected chi connectivity index (χ1v) is 11.3. The number of anilines is 1. The molecule has 1 saturated carbocycles. The van der Waals surface area contributed by atoms with E-state index < -0.39 is 0 Å². The monoisotopic (exact) mass is 419 g/mol. The van der Waals surface area contributed by atoms with E-state index >= 15 is 0 Å². The van der Waals surface area contributed by atoms with Crippen LogP contribution >= 0.6 is 0 Å². The fraction of sp³-hybridized carbons (Fsp3) is 0.500. The molecule has 7 heteroatoms. The van der Waals surface area contributed by atoms with Crippen molar-refractivity contribution >= 4 is 17.4 Å². The lowest BCUT2D eigenvalue weighted by Gasteiger charge is -2.27. The molecule has 0 unspecified atom stereocenters. The van der Waals surface area contributed by atoms with Gasteiger partial charge in [0.2, 0.25) is 5.91 Å². The third-order valence-electron chi connectivity index (χ3n) is 6.65. The van der Waals surface area contributed by atoms with Gasteiger partial charge in [0.15, 0.2) is 0 Å². The lowest BCUT2D eigenvalue weighted by atomic mass is 9.86. The molecule has 2 heterocycles. The van der Waals surface area contributed by atoms with Gasteiger partial charge in [-0.2, -0.15) is 5.10 Å². The summed E-state index contributed by atoms with van der Waals surface area (Å²) in [6.45, 7) is 2.02. The van der Waals surface area contributed by atoms with Crippen LogP contribution in [0.1, 0.15) is 55.5 Å². The first-order valence-electron chi connectivity index (χ1n) is 11.3. The Morgan fingerprint density at radius 1 is 1.13 bits per heavy atom. The number of nitrogens with one attached hydrogen (secondary N) is 1. The van der Waals surface area contributed by atoms with Gasteiger partial charge in [-0.25, -0.2) is 14.5 Å². The number of aromatic nitrogens is 4. The molecule has 0 saturated heterocycles. The summed E-state index contributed by atoms with van der Waals surface area (Å²) in [4.78, 5) is 22.2. The van der Waals surface area contributed by atoms with Gasteiger partial charge in [0.05, 0.1) is 29.4 Å². The summed E-state index contributed by atoms with van der Waals surface area (Å²) in [5, 5.41) is 7.85. The number of fused-ring (bicyclic) bond motifs is 2. The van der Waals surface area contributed by atoms with Crippen molar-refractivity contribution in [3.8, 4) is 11.3 Å². The second kappa shape index (κ2) is 8.38. The number of methoxy groups -OCH3 is 1. The van der Waals surface area contributed by atoms with Gasteiger partial charge in [0.1, 0.15) is 0 Å². The number of benzene rings is 1. The number of imidazole rings is 1. The highest BCUT2D eigenvalue weighted by molar-refractivity contribution is 5.93. The Hall–Kier alpha value is -2.80. The molecule has 1 N–H and O–H groups in total. The molecule has 2 atom stereocenters. The molecule has 162 valence electrons. The van der Waals surface area contributed by atoms with Crippen LogP contribution in [0.3, 0.4) is 0 Å². The standard InChI is InChI=1S/C24H29N5O2/c1-15-12-16(10-11-19(15)25-23(30)17-6-5-7-18(13-17)31-2)22-14-29-24(27-22)26-20-8-3-4-9-21(20)28-29/h10-12,14,17-18H,3-9,13H2,1-2H3,(H,25,30)/t17-,18+/m0/s1. The summed E-state index contributed by atoms with van der Waals surface area (Å²) in [6, 6.07) is 6.04. The minimum absolute atomic E-state index is 0.0133. The second-order valence-electron chi connectivity index (χ2n) is 8.82. The summed E-state index contributed by atoms with van der Waals surface area (Å²) < 4.78 is 7.26. The highest BCUT2D eigenvalue weighted by Gasteiger charge is 2.27. The van der Waals surface area contributed by atoms with Crippen molar-refractivity contribution in [1.29, 1.82) is 0 Å². The molecule has 2 aliphatic rings. The van der Waals surface area contributed by atoms with E-state index in [1.54, 1.807) is 11.6 Å². The normalized spacial score (nSPS) is 21.1. The van der Waals surface area contributed by atoms with E-state index in [-0.39, 0.29) is 17.9 Å². The average Bonchev–Trinajstić information content (AvgIpc) is 3.21. The molecule has 3 aromatic rings. The predicted molar refractivity (Wildman–Crippen MR) is 119 cm³/mol. The zero-order valence-electron chi connectivity index (χ0n) is 18.2. The molecule has 0 radical (unpaired) electrons. The van der Waals surface area contributed by atoms with Gasteiger partial charge in [-0.05, 0) is 69.6 Å². The fourth-order valence-corrected chi connectivity index (χ4v) is 4.80. The van der Waals surface area contributed by atoms with Crippen LogP contribution in [0.4, 0.5) is 5.69 Å². The van der Waals surface area contributed by atoms with Crippen molar-refractivity contribution in [3.05, 3.63) is 41.3 Å². The van der Waals surface area contributed by atoms with E-state index in [2.05, 4.69) is 11.4 Å². The molecule has 31 heavy (non-hydrogen) atoms. The van der Waals surface area contributed by atoms with Gasteiger partial charge in [0, 0.05) is 24.3 Å². The van der Waals surface area contributed by atoms with E-state index in [0.717, 1.165) is 72.4 Å². The summed E-state index contributed by atoms with van der Waals surface area (Å²) >= 11 is 0. The molecular weight excluding hydrogens is 390 g/mol. The van der Waals surface area contributed by atoms with Crippen molar-refractivity contribution in [2.45, 2.75) is 64.4 Å². The Labute approximate surface area is 182 Å². The average molecular weight is 420 g/mol. The molecule has 0 aliphatic heterocycles. The molecule has 0 spiro atoms. The number of carbonyl (C=O) groups excluding carboxylic acids is 1. The fourth-order valence-electron chi connectivity index (χ4n) is 4.80. The van der Waals surface area contributed by atoms with Crippen LogP contribution in [0.5, 0.6) is 0 Å². The smallest absolute Gasteiger partial charge is 0.251 e. The number of hydrogen-bond donors (Lipinski definition) is 1. The van der Waals surface area contributed by atoms with Crippen LogP contribution in [-0.2, 0) is 22.4 Å². The van der Waals surface area contributed by atoms with Crippen LogP contribution in [0.15, 0.2) is 24.4 Å². The number of aryl methyl sites for hydroxylation is 3. The third-order valence-corrected chi connectivity index (χ3v) is 6.65. The van der Waals surface area contributed by atoms with E-state index in [4.69, 9.17) is 19.8 Å². The van der Waals surface area contributed by atoms with Crippen molar-refractivity contribution in [3.63, 3.8) is 0 Å². The number of ether oxygens (including phenoxy) is 1. The Balaban J connectivity index is 1.35. The lowest BCUT2D eigenvalue weighted by molar-refractivity contribution is -0.122. The largest absolute Gasteiger partial charge is 0.381 e. The van der Waals surface area contributed by atoms with Crippen molar-refractivity contribution < 1.29 is 9.53 Å². The molecule has 1 aromatic carbocycles. The van der Waals surface area contributed by atoms with Gasteiger partial charge in [0.25, 0.3) is 5.78 Å². The topological polar surface area (TPSA) is 81.4 Å². The number of hydrogen-bond acceptors (Lipinski definition) is 5. The maximum Gasteiger partial charge on any atom is 0.251 e. The highest BCUT2D eigenvalue weighted by atomic mass is 16.5. The molecule has 2 aliphatic carbocycles. The first kappa shape index (κ1) is 20.1. The van der Waals surface area contributed by atoms with Gasteiger partial charge in [-0.1, -0.05) is 12.5 Å². The predicted octanol–water partition coefficient (Wildman–Crippen LogP) is 4.12. The van der Waals surface area contributed by atoms with Crippen LogP contribution < -0.4 is 5.32 Å². The van der Waals surface area contributed by atoms with E-state index in [9.17, 15) is 4.79 Å². The molecule has 7 nitrogen and oxygen atoms in total. The van der Waals surface area contributed by atoms with Crippen molar-refractivity contribution in [2.24, 2.45) is 5.92 Å². The van der Waals surface area contributed by atoms with E-state index in [0.29, 0.717) is 5.78 Å². The van der Waals surface area contributed by atoms with Crippen molar-refractivity contribution in [2.75, 3.05) is 12.4 Å². The third kappa shape index (κ3) is 4.06. The lowest BCUT2D eigenvalue weighted by Crippen LogP contribution is -2.31. The number of rotatable bonds is 4. The minimum Gasteiger partial charge on any atom is -0.381 e. The Morgan fingerprint density at radius 2 is 1.97 bits per heavy atom. The van der Waals surface area contributed by atoms with Gasteiger partial charge < -0.3 is 10.1 Å². The minimum atomic E-state index is 0.0133. The molecule has 1 fully saturated rings. The highest BCUT2D eigenvalue weighted by Crippen LogP contribution is 2.29. The van der Waals surface area contributed by atoms with Crippen LogP contribution in [0, 0.1) is 12.8 Å². The molecule has 1 amide bonds. The SMILES string of the molecule is CO[C@@H]1CCC[C@H](C(=O)Nc2ccc(-c3cn4nc5c(nc4n3)CCCC5)cc2C)C1. The molecule has 2 aromatic heterocycles. The molecule has 5 rings (SSSR count). The zero-order chi connectivity index (χ0) is 21.4. The first-order chi connectivity index (χ1) is 15.1. The van der Waals surface area contributed by atoms with Crippen LogP contribution in [-0.4, -0.2) is 38.7 Å². The van der Waals surface area contributed by atoms with E-state index in [1.165, 1.54) is 12.8 Å². The number of carbonyl (C=O) groups is 1. The van der Waals surface area contributed by atoms with Crippen molar-refractivity contribution in [1.82, 2.24) is 19.6 Å². The zero-order valence-corrected chi connectivity index (χ0v) is 18.2. The number of amides is 1. The molecule has 0 bridgehead atoms. The maximum absolute atomic E-state index is 12.8. The Bertz CT molecular complexity index is 1080. The summed E-state index contributed by atoms with van der Waals surface area (Å²) in [6.07, 6.45) is 10.3. The van der Waals surface area contributed by atoms with Crippen LogP contribution in [0.25, 0.3) is 17.0 Å². The summed E-state index contributed by atoms with van der Waals surface area (Å²) in [5.41, 5.74) is 5.89. The quantitative estimate of drug-likeness (QED) is 0.688. The Kier molecular flexibility index (Phi) is 5.44. The van der Waals surface area contributed by atoms with Crippen LogP contribution in [0.2, 0.25) is 0 Å². The van der Waals surface area contributed by atoms with Gasteiger partial charge in [-0.15, -0.1) is 0 Å². The summed E-state index contributed by atoms with van der Waals surface area (Å²) in [7, 11) is 1.73. The van der Waals surface area contributed by atoms with E-state index in [1.807, 2.05) is 25.3 Å². The van der Waals surface area contributed by atoms with Gasteiger partial charge >= 0.3 is 0 Å². The Morgan fingerprint density at radius 3 is 2.77 bits per heavy atom. The second-order valence-corrected chi connectivity index (χ2v) is 8.82. The number of nitrogens with zero attached hydrogens (tertiary/aromatic N) is 4. The summed E-state index contributed by atoms with van der Waals surface area (Å²) in [5.74, 6) is 0.749. The maximum atomic E-state index is 12.8. The molecular formula is C24H29N5O2.